The second-order valence-electron chi connectivity index (χ2n) is 5.61. The summed E-state index contributed by atoms with van der Waals surface area (Å²) < 4.78 is 2.25. The van der Waals surface area contributed by atoms with Crippen LogP contribution in [0, 0.1) is 5.41 Å². The van der Waals surface area contributed by atoms with E-state index in [1.54, 1.807) is 0 Å². The topological polar surface area (TPSA) is 43.8 Å². The highest BCUT2D eigenvalue weighted by molar-refractivity contribution is 5.04. The van der Waals surface area contributed by atoms with Gasteiger partial charge in [0.1, 0.15) is 0 Å². The Morgan fingerprint density at radius 1 is 1.44 bits per heavy atom. The zero-order valence-electron chi connectivity index (χ0n) is 10.4. The fourth-order valence-corrected chi connectivity index (χ4v) is 2.82. The van der Waals surface area contributed by atoms with Crippen molar-refractivity contribution in [1.82, 2.24) is 9.55 Å². The lowest BCUT2D eigenvalue weighted by Crippen LogP contribution is -2.27. The lowest BCUT2D eigenvalue weighted by atomic mass is 9.75. The van der Waals surface area contributed by atoms with Crippen molar-refractivity contribution in [2.24, 2.45) is 11.1 Å². The van der Waals surface area contributed by atoms with Gasteiger partial charge < -0.3 is 10.3 Å². The van der Waals surface area contributed by atoms with Crippen molar-refractivity contribution in [2.45, 2.75) is 58.5 Å². The van der Waals surface area contributed by atoms with Gasteiger partial charge in [-0.3, -0.25) is 0 Å². The first kappa shape index (κ1) is 11.6. The normalized spacial score (nSPS) is 21.9. The van der Waals surface area contributed by atoms with Crippen LogP contribution in [0.4, 0.5) is 0 Å². The van der Waals surface area contributed by atoms with Gasteiger partial charge in [-0.15, -0.1) is 0 Å². The van der Waals surface area contributed by atoms with Crippen molar-refractivity contribution < 1.29 is 0 Å². The highest BCUT2D eigenvalue weighted by Crippen LogP contribution is 2.37. The van der Waals surface area contributed by atoms with Crippen molar-refractivity contribution in [3.05, 3.63) is 18.2 Å². The van der Waals surface area contributed by atoms with Crippen LogP contribution in [-0.4, -0.2) is 9.55 Å². The van der Waals surface area contributed by atoms with Gasteiger partial charge in [0.05, 0.1) is 12.0 Å². The van der Waals surface area contributed by atoms with Gasteiger partial charge in [0.25, 0.3) is 0 Å². The molecule has 16 heavy (non-hydrogen) atoms. The molecule has 0 spiro atoms. The number of aromatic nitrogens is 2. The quantitative estimate of drug-likeness (QED) is 0.853. The van der Waals surface area contributed by atoms with Gasteiger partial charge >= 0.3 is 0 Å². The predicted molar refractivity (Wildman–Crippen MR) is 66.0 cm³/mol. The van der Waals surface area contributed by atoms with Gasteiger partial charge in [0, 0.05) is 18.8 Å². The molecule has 1 aromatic heterocycles. The minimum Gasteiger partial charge on any atom is -0.333 e. The molecule has 0 radical (unpaired) electrons. The van der Waals surface area contributed by atoms with E-state index in [2.05, 4.69) is 16.5 Å². The number of nitrogens with zero attached hydrogens (tertiary/aromatic N) is 2. The van der Waals surface area contributed by atoms with Gasteiger partial charge in [0.2, 0.25) is 0 Å². The van der Waals surface area contributed by atoms with Crippen LogP contribution in [0.5, 0.6) is 0 Å². The summed E-state index contributed by atoms with van der Waals surface area (Å²) in [5.74, 6) is 0. The Labute approximate surface area is 98.1 Å². The summed E-state index contributed by atoms with van der Waals surface area (Å²) in [6.07, 6.45) is 10.7. The Bertz CT molecular complexity index is 335. The molecular weight excluding hydrogens is 198 g/mol. The molecule has 2 rings (SSSR count). The number of imidazole rings is 1. The third-order valence-corrected chi connectivity index (χ3v) is 3.82. The molecular formula is C13H23N3. The SMILES string of the molecule is C[C@@H](N)c1cncn1CC1(C)CCCCC1. The zero-order valence-corrected chi connectivity index (χ0v) is 10.4. The fraction of sp³-hybridized carbons (Fsp3) is 0.769. The average Bonchev–Trinajstić information content (AvgIpc) is 2.66. The second-order valence-corrected chi connectivity index (χ2v) is 5.61. The van der Waals surface area contributed by atoms with Crippen LogP contribution >= 0.6 is 0 Å². The first-order valence-electron chi connectivity index (χ1n) is 6.36. The Morgan fingerprint density at radius 3 is 2.75 bits per heavy atom. The molecule has 0 aromatic carbocycles. The molecule has 1 aliphatic rings. The molecule has 0 aliphatic heterocycles. The van der Waals surface area contributed by atoms with Crippen molar-refractivity contribution in [3.8, 4) is 0 Å². The van der Waals surface area contributed by atoms with E-state index >= 15 is 0 Å². The number of rotatable bonds is 3. The Morgan fingerprint density at radius 2 is 2.12 bits per heavy atom. The highest BCUT2D eigenvalue weighted by atomic mass is 15.1. The Balaban J connectivity index is 2.10. The molecule has 1 aliphatic carbocycles. The van der Waals surface area contributed by atoms with Gasteiger partial charge in [-0.2, -0.15) is 0 Å². The van der Waals surface area contributed by atoms with Gasteiger partial charge in [-0.25, -0.2) is 4.98 Å². The molecule has 2 N–H and O–H groups in total. The molecule has 1 heterocycles. The van der Waals surface area contributed by atoms with E-state index < -0.39 is 0 Å². The monoisotopic (exact) mass is 221 g/mol. The van der Waals surface area contributed by atoms with E-state index in [1.165, 1.54) is 32.1 Å². The summed E-state index contributed by atoms with van der Waals surface area (Å²) in [6.45, 7) is 5.50. The largest absolute Gasteiger partial charge is 0.333 e. The molecule has 0 saturated heterocycles. The molecule has 90 valence electrons. The van der Waals surface area contributed by atoms with E-state index in [1.807, 2.05) is 19.4 Å². The maximum Gasteiger partial charge on any atom is 0.0948 e. The molecule has 1 fully saturated rings. The molecule has 0 bridgehead atoms. The molecule has 1 atom stereocenters. The van der Waals surface area contributed by atoms with Crippen LogP contribution in [0.15, 0.2) is 12.5 Å². The van der Waals surface area contributed by atoms with Crippen LogP contribution in [0.1, 0.15) is 57.7 Å². The second kappa shape index (κ2) is 4.58. The molecule has 3 nitrogen and oxygen atoms in total. The van der Waals surface area contributed by atoms with E-state index in [4.69, 9.17) is 5.73 Å². The van der Waals surface area contributed by atoms with Gasteiger partial charge in [-0.1, -0.05) is 26.2 Å². The smallest absolute Gasteiger partial charge is 0.0948 e. The minimum atomic E-state index is 0.0784. The molecule has 1 saturated carbocycles. The van der Waals surface area contributed by atoms with E-state index in [0.29, 0.717) is 5.41 Å². The van der Waals surface area contributed by atoms with Crippen molar-refractivity contribution in [1.29, 1.82) is 0 Å². The van der Waals surface area contributed by atoms with Crippen molar-refractivity contribution in [2.75, 3.05) is 0 Å². The summed E-state index contributed by atoms with van der Waals surface area (Å²) in [7, 11) is 0. The summed E-state index contributed by atoms with van der Waals surface area (Å²) in [4.78, 5) is 4.22. The van der Waals surface area contributed by atoms with Crippen LogP contribution in [-0.2, 0) is 6.54 Å². The molecule has 1 aromatic rings. The van der Waals surface area contributed by atoms with Crippen LogP contribution < -0.4 is 5.73 Å². The van der Waals surface area contributed by atoms with Crippen LogP contribution in [0.3, 0.4) is 0 Å². The Kier molecular flexibility index (Phi) is 3.33. The first-order valence-corrected chi connectivity index (χ1v) is 6.36. The van der Waals surface area contributed by atoms with Crippen LogP contribution in [0.2, 0.25) is 0 Å². The summed E-state index contributed by atoms with van der Waals surface area (Å²) in [5, 5.41) is 0. The van der Waals surface area contributed by atoms with Gasteiger partial charge in [-0.05, 0) is 25.2 Å². The minimum absolute atomic E-state index is 0.0784. The van der Waals surface area contributed by atoms with Crippen molar-refractivity contribution in [3.63, 3.8) is 0 Å². The average molecular weight is 221 g/mol. The van der Waals surface area contributed by atoms with E-state index in [0.717, 1.165) is 12.2 Å². The standard InChI is InChI=1S/C13H23N3/c1-11(14)12-8-15-10-16(12)9-13(2)6-4-3-5-7-13/h8,10-11H,3-7,9,14H2,1-2H3/t11-/m1/s1. The predicted octanol–water partition coefficient (Wildman–Crippen LogP) is 2.87. The molecule has 3 heteroatoms. The lowest BCUT2D eigenvalue weighted by Gasteiger charge is -2.34. The number of hydrogen-bond donors (Lipinski definition) is 1. The van der Waals surface area contributed by atoms with Crippen molar-refractivity contribution >= 4 is 0 Å². The highest BCUT2D eigenvalue weighted by Gasteiger charge is 2.27. The van der Waals surface area contributed by atoms with Gasteiger partial charge in [0.15, 0.2) is 0 Å². The number of hydrogen-bond acceptors (Lipinski definition) is 2. The lowest BCUT2D eigenvalue weighted by molar-refractivity contribution is 0.181. The van der Waals surface area contributed by atoms with Crippen LogP contribution in [0.25, 0.3) is 0 Å². The summed E-state index contributed by atoms with van der Waals surface area (Å²) in [5.41, 5.74) is 7.55. The van der Waals surface area contributed by atoms with E-state index in [-0.39, 0.29) is 6.04 Å². The third-order valence-electron chi connectivity index (χ3n) is 3.82. The number of nitrogens with two attached hydrogens (primary N) is 1. The maximum atomic E-state index is 5.95. The maximum absolute atomic E-state index is 5.95. The molecule has 0 unspecified atom stereocenters. The van der Waals surface area contributed by atoms with E-state index in [9.17, 15) is 0 Å². The molecule has 0 amide bonds. The summed E-state index contributed by atoms with van der Waals surface area (Å²) >= 11 is 0. The third kappa shape index (κ3) is 2.46. The Hall–Kier alpha value is -0.830. The fourth-order valence-electron chi connectivity index (χ4n) is 2.82. The first-order chi connectivity index (χ1) is 7.61. The zero-order chi connectivity index (χ0) is 11.6. The summed E-state index contributed by atoms with van der Waals surface area (Å²) in [6, 6.07) is 0.0784.